The minimum atomic E-state index is 0.926. The Morgan fingerprint density at radius 3 is 2.34 bits per heavy atom. The third kappa shape index (κ3) is 2.47. The molecule has 0 amide bonds. The van der Waals surface area contributed by atoms with Crippen molar-refractivity contribution >= 4 is 76.2 Å². The van der Waals surface area contributed by atoms with Crippen molar-refractivity contribution < 1.29 is 13.4 Å². The number of aryl methyl sites for hydroxylation is 2. The zero-order valence-corrected chi connectivity index (χ0v) is 20.1. The fourth-order valence-corrected chi connectivity index (χ4v) is 6.97. The Kier molecular flexibility index (Phi) is 3.68. The highest BCUT2D eigenvalue weighted by atomic mass is 32.1. The highest BCUT2D eigenvalue weighted by Crippen LogP contribution is 2.44. The maximum atomic E-state index is 6.70. The van der Waals surface area contributed by atoms with E-state index in [1.165, 1.54) is 31.6 Å². The third-order valence-corrected chi connectivity index (χ3v) is 8.58. The van der Waals surface area contributed by atoms with Crippen LogP contribution in [0.1, 0.15) is 5.56 Å². The predicted molar refractivity (Wildman–Crippen MR) is 145 cm³/mol. The summed E-state index contributed by atoms with van der Waals surface area (Å²) in [5.74, 6) is 0. The first kappa shape index (κ1) is 19.2. The summed E-state index contributed by atoms with van der Waals surface area (Å²) in [4.78, 5) is 0. The Hall–Kier alpha value is -4.15. The van der Waals surface area contributed by atoms with Crippen molar-refractivity contribution in [1.29, 1.82) is 0 Å². The van der Waals surface area contributed by atoms with Crippen LogP contribution in [0.4, 0.5) is 0 Å². The third-order valence-electron chi connectivity index (χ3n) is 7.29. The fourth-order valence-electron chi connectivity index (χ4n) is 5.57. The summed E-state index contributed by atoms with van der Waals surface area (Å²) in [5, 5.41) is 8.19. The van der Waals surface area contributed by atoms with E-state index in [1.807, 2.05) is 23.5 Å². The number of hydrogen-bond donors (Lipinski definition) is 0. The zero-order chi connectivity index (χ0) is 23.3. The molecule has 35 heavy (non-hydrogen) atoms. The van der Waals surface area contributed by atoms with Crippen LogP contribution in [0.5, 0.6) is 0 Å². The van der Waals surface area contributed by atoms with Gasteiger partial charge in [0.2, 0.25) is 5.52 Å². The van der Waals surface area contributed by atoms with Crippen LogP contribution in [-0.2, 0) is 7.05 Å². The molecule has 3 aromatic heterocycles. The molecule has 166 valence electrons. The van der Waals surface area contributed by atoms with E-state index in [-0.39, 0.29) is 0 Å². The molecular weight excluding hydrogens is 450 g/mol. The van der Waals surface area contributed by atoms with E-state index in [2.05, 4.69) is 91.3 Å². The van der Waals surface area contributed by atoms with Crippen molar-refractivity contribution in [2.75, 3.05) is 0 Å². The summed E-state index contributed by atoms with van der Waals surface area (Å²) in [7, 11) is 2.15. The van der Waals surface area contributed by atoms with Gasteiger partial charge in [0.15, 0.2) is 5.58 Å². The Balaban J connectivity index is 1.51. The van der Waals surface area contributed by atoms with Crippen LogP contribution in [0.2, 0.25) is 0 Å². The molecule has 5 aromatic carbocycles. The van der Waals surface area contributed by atoms with Crippen LogP contribution < -0.4 is 4.57 Å². The van der Waals surface area contributed by atoms with Crippen molar-refractivity contribution in [1.82, 2.24) is 0 Å². The molecule has 0 saturated carbocycles. The molecule has 0 atom stereocenters. The SMILES string of the molecule is Cc1ccc2c(oc3c4ccccc4ccc23)c1-c1sc2c3c(ccc2[n+]1C)oc1ccccc13. The molecule has 8 rings (SSSR count). The summed E-state index contributed by atoms with van der Waals surface area (Å²) in [6.45, 7) is 2.17. The van der Waals surface area contributed by atoms with Crippen LogP contribution in [0.25, 0.3) is 75.4 Å². The Morgan fingerprint density at radius 1 is 0.657 bits per heavy atom. The first-order valence-electron chi connectivity index (χ1n) is 11.8. The average Bonchev–Trinajstić information content (AvgIpc) is 3.55. The second kappa shape index (κ2) is 6.71. The molecule has 3 heterocycles. The highest BCUT2D eigenvalue weighted by Gasteiger charge is 2.27. The molecule has 0 spiro atoms. The smallest absolute Gasteiger partial charge is 0.273 e. The summed E-state index contributed by atoms with van der Waals surface area (Å²) in [5.41, 5.74) is 7.32. The number of thiazole rings is 1. The molecule has 0 aliphatic carbocycles. The van der Waals surface area contributed by atoms with E-state index >= 15 is 0 Å². The molecule has 0 bridgehead atoms. The Labute approximate surface area is 204 Å². The predicted octanol–water partition coefficient (Wildman–Crippen LogP) is 8.65. The van der Waals surface area contributed by atoms with Crippen LogP contribution in [0, 0.1) is 6.92 Å². The van der Waals surface area contributed by atoms with Crippen LogP contribution in [-0.4, -0.2) is 0 Å². The van der Waals surface area contributed by atoms with Gasteiger partial charge in [-0.2, -0.15) is 4.57 Å². The highest BCUT2D eigenvalue weighted by molar-refractivity contribution is 7.22. The number of para-hydroxylation sites is 1. The van der Waals surface area contributed by atoms with Gasteiger partial charge in [-0.15, -0.1) is 0 Å². The van der Waals surface area contributed by atoms with Gasteiger partial charge in [-0.3, -0.25) is 0 Å². The van der Waals surface area contributed by atoms with Gasteiger partial charge < -0.3 is 8.83 Å². The first-order valence-corrected chi connectivity index (χ1v) is 12.6. The number of hydrogen-bond acceptors (Lipinski definition) is 3. The van der Waals surface area contributed by atoms with E-state index in [1.54, 1.807) is 0 Å². The lowest BCUT2D eigenvalue weighted by atomic mass is 10.0. The molecule has 0 fully saturated rings. The summed E-state index contributed by atoms with van der Waals surface area (Å²) >= 11 is 1.81. The van der Waals surface area contributed by atoms with Gasteiger partial charge in [-0.25, -0.2) is 0 Å². The minimum absolute atomic E-state index is 0.926. The molecule has 0 unspecified atom stereocenters. The van der Waals surface area contributed by atoms with Crippen molar-refractivity contribution in [3.05, 3.63) is 90.5 Å². The largest absolute Gasteiger partial charge is 0.456 e. The topological polar surface area (TPSA) is 30.2 Å². The maximum absolute atomic E-state index is 6.70. The van der Waals surface area contributed by atoms with Gasteiger partial charge in [-0.05, 0) is 36.1 Å². The molecule has 0 saturated heterocycles. The van der Waals surface area contributed by atoms with E-state index in [0.717, 1.165) is 49.4 Å². The number of furan rings is 2. The van der Waals surface area contributed by atoms with Gasteiger partial charge in [0.25, 0.3) is 5.01 Å². The normalized spacial score (nSPS) is 12.3. The molecule has 0 aliphatic rings. The van der Waals surface area contributed by atoms with Crippen molar-refractivity contribution in [3.63, 3.8) is 0 Å². The van der Waals surface area contributed by atoms with Gasteiger partial charge in [-0.1, -0.05) is 72.0 Å². The van der Waals surface area contributed by atoms with Crippen LogP contribution >= 0.6 is 11.3 Å². The number of aromatic nitrogens is 1. The molecule has 8 aromatic rings. The fraction of sp³-hybridized carbons (Fsp3) is 0.0645. The Bertz CT molecular complexity index is 2140. The number of fused-ring (bicyclic) bond motifs is 10. The zero-order valence-electron chi connectivity index (χ0n) is 19.3. The standard InChI is InChI=1S/C31H20NO2S/c1-17-11-13-21-20-14-12-18-7-3-4-8-19(18)28(20)34-29(21)26(17)31-32(2)23-15-16-25-27(30(23)35-31)22-9-5-6-10-24(22)33-25/h3-16H,1-2H3/q+1. The second-order valence-electron chi connectivity index (χ2n) is 9.25. The van der Waals surface area contributed by atoms with Crippen molar-refractivity contribution in [2.45, 2.75) is 6.92 Å². The lowest BCUT2D eigenvalue weighted by molar-refractivity contribution is -0.629. The van der Waals surface area contributed by atoms with Crippen molar-refractivity contribution in [2.24, 2.45) is 7.05 Å². The number of nitrogens with zero attached hydrogens (tertiary/aromatic N) is 1. The molecule has 0 aliphatic heterocycles. The van der Waals surface area contributed by atoms with Gasteiger partial charge >= 0.3 is 0 Å². The number of rotatable bonds is 1. The Morgan fingerprint density at radius 2 is 1.43 bits per heavy atom. The van der Waals surface area contributed by atoms with Gasteiger partial charge in [0, 0.05) is 27.6 Å². The molecule has 0 radical (unpaired) electrons. The van der Waals surface area contributed by atoms with Gasteiger partial charge in [0.1, 0.15) is 34.1 Å². The second-order valence-corrected chi connectivity index (χ2v) is 10.3. The number of benzene rings is 5. The van der Waals surface area contributed by atoms with Crippen molar-refractivity contribution in [3.8, 4) is 10.6 Å². The minimum Gasteiger partial charge on any atom is -0.456 e. The summed E-state index contributed by atoms with van der Waals surface area (Å²) < 4.78 is 16.4. The molecule has 4 heteroatoms. The van der Waals surface area contributed by atoms with E-state index in [0.29, 0.717) is 0 Å². The van der Waals surface area contributed by atoms with E-state index in [4.69, 9.17) is 8.83 Å². The van der Waals surface area contributed by atoms with Crippen LogP contribution in [0.15, 0.2) is 93.8 Å². The van der Waals surface area contributed by atoms with Gasteiger partial charge in [0.05, 0.1) is 5.39 Å². The maximum Gasteiger partial charge on any atom is 0.273 e. The molecular formula is C31H20NO2S+. The van der Waals surface area contributed by atoms with E-state index < -0.39 is 0 Å². The van der Waals surface area contributed by atoms with Crippen LogP contribution in [0.3, 0.4) is 0 Å². The lowest BCUT2D eigenvalue weighted by Gasteiger charge is -2.01. The monoisotopic (exact) mass is 470 g/mol. The molecule has 3 nitrogen and oxygen atoms in total. The quantitative estimate of drug-likeness (QED) is 0.225. The summed E-state index contributed by atoms with van der Waals surface area (Å²) in [6, 6.07) is 29.8. The lowest BCUT2D eigenvalue weighted by Crippen LogP contribution is -2.28. The summed E-state index contributed by atoms with van der Waals surface area (Å²) in [6.07, 6.45) is 0. The van der Waals surface area contributed by atoms with E-state index in [9.17, 15) is 0 Å². The average molecular weight is 471 g/mol. The molecule has 0 N–H and O–H groups in total. The first-order chi connectivity index (χ1) is 17.2.